The topological polar surface area (TPSA) is 67.8 Å². The van der Waals surface area contributed by atoms with Crippen LogP contribution in [-0.4, -0.2) is 36.1 Å². The Morgan fingerprint density at radius 1 is 1.15 bits per heavy atom. The highest BCUT2D eigenvalue weighted by Crippen LogP contribution is 2.33. The van der Waals surface area contributed by atoms with Gasteiger partial charge in [-0.25, -0.2) is 0 Å². The molecule has 8 heteroatoms. The molecule has 0 bridgehead atoms. The number of rotatable bonds is 7. The molecule has 1 aliphatic heterocycles. The molecule has 2 N–H and O–H groups in total. The van der Waals surface area contributed by atoms with Crippen LogP contribution in [0.1, 0.15) is 10.9 Å². The molecule has 2 unspecified atom stereocenters. The van der Waals surface area contributed by atoms with Crippen molar-refractivity contribution in [1.82, 2.24) is 5.32 Å². The molecule has 3 rings (SSSR count). The number of carboxylic acid groups (broad SMARTS) is 1. The first-order valence-electron chi connectivity index (χ1n) is 7.94. The lowest BCUT2D eigenvalue weighted by Crippen LogP contribution is -2.33. The number of halogens is 2. The molecular weight excluding hydrogens is 397 g/mol. The molecule has 0 saturated carbocycles. The third kappa shape index (κ3) is 4.98. The number of aliphatic carboxylic acids is 1. The highest BCUT2D eigenvalue weighted by molar-refractivity contribution is 7.99. The van der Waals surface area contributed by atoms with Crippen LogP contribution >= 0.6 is 35.0 Å². The standard InChI is InChI=1S/C18H17Cl2NO4S/c19-12-3-6-14(20)16(9-12)25-8-7-24-13-4-1-11(2-5-13)17-21-15(10-26-17)18(22)23/h1-6,9,15,17,21H,7-8,10H2,(H,22,23). The average Bonchev–Trinajstić information content (AvgIpc) is 3.12. The summed E-state index contributed by atoms with van der Waals surface area (Å²) in [5.74, 6) is 0.976. The van der Waals surface area contributed by atoms with Gasteiger partial charge in [0.25, 0.3) is 0 Å². The van der Waals surface area contributed by atoms with Crippen molar-refractivity contribution in [1.29, 1.82) is 0 Å². The van der Waals surface area contributed by atoms with E-state index in [9.17, 15) is 4.79 Å². The van der Waals surface area contributed by atoms with E-state index in [0.717, 1.165) is 5.56 Å². The predicted molar refractivity (Wildman–Crippen MR) is 104 cm³/mol. The average molecular weight is 414 g/mol. The van der Waals surface area contributed by atoms with Crippen molar-refractivity contribution in [2.24, 2.45) is 0 Å². The lowest BCUT2D eigenvalue weighted by Gasteiger charge is -2.13. The third-order valence-electron chi connectivity index (χ3n) is 3.77. The lowest BCUT2D eigenvalue weighted by atomic mass is 10.2. The summed E-state index contributed by atoms with van der Waals surface area (Å²) in [5, 5.41) is 13.2. The Kier molecular flexibility index (Phi) is 6.53. The van der Waals surface area contributed by atoms with Gasteiger partial charge in [0.15, 0.2) is 0 Å². The Labute approximate surface area is 165 Å². The molecular formula is C18H17Cl2NO4S. The smallest absolute Gasteiger partial charge is 0.321 e. The van der Waals surface area contributed by atoms with Gasteiger partial charge in [0.2, 0.25) is 0 Å². The van der Waals surface area contributed by atoms with Crippen LogP contribution in [0.4, 0.5) is 0 Å². The molecule has 1 aliphatic rings. The van der Waals surface area contributed by atoms with Crippen molar-refractivity contribution in [2.45, 2.75) is 11.4 Å². The van der Waals surface area contributed by atoms with Crippen molar-refractivity contribution in [3.05, 3.63) is 58.1 Å². The van der Waals surface area contributed by atoms with Crippen molar-refractivity contribution in [3.63, 3.8) is 0 Å². The monoisotopic (exact) mass is 413 g/mol. The van der Waals surface area contributed by atoms with E-state index >= 15 is 0 Å². The van der Waals surface area contributed by atoms with Gasteiger partial charge in [-0.3, -0.25) is 10.1 Å². The lowest BCUT2D eigenvalue weighted by molar-refractivity contribution is -0.138. The fourth-order valence-electron chi connectivity index (χ4n) is 2.44. The molecule has 2 aromatic carbocycles. The van der Waals surface area contributed by atoms with E-state index in [-0.39, 0.29) is 5.37 Å². The summed E-state index contributed by atoms with van der Waals surface area (Å²) in [5.41, 5.74) is 1.02. The van der Waals surface area contributed by atoms with E-state index in [0.29, 0.717) is 40.5 Å². The third-order valence-corrected chi connectivity index (χ3v) is 5.58. The maximum Gasteiger partial charge on any atom is 0.321 e. The number of nitrogens with one attached hydrogen (secondary N) is 1. The first-order chi connectivity index (χ1) is 12.5. The van der Waals surface area contributed by atoms with Crippen LogP contribution in [-0.2, 0) is 4.79 Å². The molecule has 1 fully saturated rings. The van der Waals surface area contributed by atoms with Crippen LogP contribution in [0.3, 0.4) is 0 Å². The number of ether oxygens (including phenoxy) is 2. The molecule has 26 heavy (non-hydrogen) atoms. The van der Waals surface area contributed by atoms with Gasteiger partial charge in [0, 0.05) is 16.8 Å². The minimum atomic E-state index is -0.820. The molecule has 1 heterocycles. The maximum atomic E-state index is 11.0. The second-order valence-electron chi connectivity index (χ2n) is 5.61. The van der Waals surface area contributed by atoms with E-state index in [1.54, 1.807) is 30.0 Å². The van der Waals surface area contributed by atoms with Gasteiger partial charge in [-0.15, -0.1) is 11.8 Å². The van der Waals surface area contributed by atoms with Gasteiger partial charge < -0.3 is 14.6 Å². The Balaban J connectivity index is 1.46. The molecule has 0 radical (unpaired) electrons. The quantitative estimate of drug-likeness (QED) is 0.661. The van der Waals surface area contributed by atoms with Crippen LogP contribution in [0.2, 0.25) is 10.0 Å². The molecule has 2 aromatic rings. The normalized spacial score (nSPS) is 19.3. The summed E-state index contributed by atoms with van der Waals surface area (Å²) in [6.45, 7) is 0.696. The number of benzene rings is 2. The minimum Gasteiger partial charge on any atom is -0.490 e. The first-order valence-corrected chi connectivity index (χ1v) is 9.74. The zero-order chi connectivity index (χ0) is 18.5. The molecule has 0 amide bonds. The van der Waals surface area contributed by atoms with Crippen molar-refractivity contribution in [3.8, 4) is 11.5 Å². The molecule has 2 atom stereocenters. The number of hydrogen-bond acceptors (Lipinski definition) is 5. The first kappa shape index (κ1) is 19.2. The van der Waals surface area contributed by atoms with Crippen molar-refractivity contribution < 1.29 is 19.4 Å². The highest BCUT2D eigenvalue weighted by Gasteiger charge is 2.30. The fraction of sp³-hybridized carbons (Fsp3) is 0.278. The largest absolute Gasteiger partial charge is 0.490 e. The van der Waals surface area contributed by atoms with Gasteiger partial charge in [-0.1, -0.05) is 35.3 Å². The van der Waals surface area contributed by atoms with E-state index in [1.807, 2.05) is 24.3 Å². The van der Waals surface area contributed by atoms with Gasteiger partial charge in [-0.2, -0.15) is 0 Å². The molecule has 5 nitrogen and oxygen atoms in total. The molecule has 138 valence electrons. The Hall–Kier alpha value is -1.60. The van der Waals surface area contributed by atoms with Crippen LogP contribution < -0.4 is 14.8 Å². The van der Waals surface area contributed by atoms with Gasteiger partial charge in [0.1, 0.15) is 30.8 Å². The predicted octanol–water partition coefficient (Wildman–Crippen LogP) is 4.24. The van der Waals surface area contributed by atoms with E-state index in [4.69, 9.17) is 37.8 Å². The Morgan fingerprint density at radius 2 is 1.88 bits per heavy atom. The second-order valence-corrected chi connectivity index (χ2v) is 7.59. The number of hydrogen-bond donors (Lipinski definition) is 2. The van der Waals surface area contributed by atoms with Gasteiger partial charge in [-0.05, 0) is 29.8 Å². The highest BCUT2D eigenvalue weighted by atomic mass is 35.5. The second kappa shape index (κ2) is 8.86. The molecule has 0 aromatic heterocycles. The van der Waals surface area contributed by atoms with Crippen molar-refractivity contribution >= 4 is 40.9 Å². The SMILES string of the molecule is O=C(O)C1CSC(c2ccc(OCCOc3cc(Cl)ccc3Cl)cc2)N1. The van der Waals surface area contributed by atoms with Gasteiger partial charge in [0.05, 0.1) is 10.4 Å². The summed E-state index contributed by atoms with van der Waals surface area (Å²) >= 11 is 13.5. The fourth-order valence-corrected chi connectivity index (χ4v) is 4.01. The van der Waals surface area contributed by atoms with Gasteiger partial charge >= 0.3 is 5.97 Å². The van der Waals surface area contributed by atoms with Crippen LogP contribution in [0.25, 0.3) is 0 Å². The van der Waals surface area contributed by atoms with Crippen LogP contribution in [0.5, 0.6) is 11.5 Å². The molecule has 1 saturated heterocycles. The Morgan fingerprint density at radius 3 is 2.58 bits per heavy atom. The summed E-state index contributed by atoms with van der Waals surface area (Å²) in [4.78, 5) is 11.0. The van der Waals surface area contributed by atoms with Crippen LogP contribution in [0.15, 0.2) is 42.5 Å². The van der Waals surface area contributed by atoms with Crippen molar-refractivity contribution in [2.75, 3.05) is 19.0 Å². The minimum absolute atomic E-state index is 0.0153. The van der Waals surface area contributed by atoms with E-state index in [1.165, 1.54) is 0 Å². The number of carbonyl (C=O) groups is 1. The zero-order valence-electron chi connectivity index (χ0n) is 13.7. The summed E-state index contributed by atoms with van der Waals surface area (Å²) in [7, 11) is 0. The number of thioether (sulfide) groups is 1. The molecule has 0 spiro atoms. The molecule has 0 aliphatic carbocycles. The zero-order valence-corrected chi connectivity index (χ0v) is 16.0. The van der Waals surface area contributed by atoms with E-state index < -0.39 is 12.0 Å². The van der Waals surface area contributed by atoms with E-state index in [2.05, 4.69) is 5.32 Å². The summed E-state index contributed by atoms with van der Waals surface area (Å²) < 4.78 is 11.2. The van der Waals surface area contributed by atoms with Crippen LogP contribution in [0, 0.1) is 0 Å². The summed E-state index contributed by atoms with van der Waals surface area (Å²) in [6, 6.07) is 12.1. The summed E-state index contributed by atoms with van der Waals surface area (Å²) in [6.07, 6.45) is 0. The number of carboxylic acids is 1. The Bertz CT molecular complexity index is 772. The maximum absolute atomic E-state index is 11.0.